The standard InChI is InChI=1S/C25H28ClN3O2/c1-3-17(2)31-23-14-13-20(26)15-19(23)16-27-29-24(18-9-5-4-6-10-18)28-22-12-8-7-11-21(22)25(29)30/h7-8,11-18H,3-6,9-10H2,1-2H3/t17-/m0/s1. The van der Waals surface area contributed by atoms with E-state index in [1.165, 1.54) is 11.1 Å². The molecule has 0 radical (unpaired) electrons. The molecule has 1 aromatic heterocycles. The van der Waals surface area contributed by atoms with Gasteiger partial charge in [0.25, 0.3) is 5.56 Å². The number of para-hydroxylation sites is 1. The lowest BCUT2D eigenvalue weighted by Crippen LogP contribution is -2.25. The molecule has 0 unspecified atom stereocenters. The molecule has 1 atom stereocenters. The largest absolute Gasteiger partial charge is 0.490 e. The molecule has 0 aliphatic heterocycles. The highest BCUT2D eigenvalue weighted by Crippen LogP contribution is 2.32. The minimum atomic E-state index is -0.145. The van der Waals surface area contributed by atoms with Crippen LogP contribution in [0.15, 0.2) is 52.4 Å². The van der Waals surface area contributed by atoms with Gasteiger partial charge in [-0.2, -0.15) is 9.78 Å². The van der Waals surface area contributed by atoms with Gasteiger partial charge in [0.15, 0.2) is 0 Å². The fourth-order valence-electron chi connectivity index (χ4n) is 4.03. The van der Waals surface area contributed by atoms with Crippen molar-refractivity contribution >= 4 is 28.7 Å². The van der Waals surface area contributed by atoms with Crippen molar-refractivity contribution in [2.24, 2.45) is 5.10 Å². The Bertz CT molecular complexity index is 1150. The second kappa shape index (κ2) is 9.65. The van der Waals surface area contributed by atoms with Crippen LogP contribution in [0.2, 0.25) is 5.02 Å². The third-order valence-corrected chi connectivity index (χ3v) is 6.17. The van der Waals surface area contributed by atoms with E-state index in [0.717, 1.165) is 49.0 Å². The Kier molecular flexibility index (Phi) is 6.71. The second-order valence-corrected chi connectivity index (χ2v) is 8.64. The van der Waals surface area contributed by atoms with E-state index in [-0.39, 0.29) is 17.6 Å². The molecule has 1 aliphatic carbocycles. The van der Waals surface area contributed by atoms with Crippen molar-refractivity contribution in [2.75, 3.05) is 0 Å². The number of rotatable bonds is 6. The number of benzene rings is 2. The minimum Gasteiger partial charge on any atom is -0.490 e. The summed E-state index contributed by atoms with van der Waals surface area (Å²) in [6, 6.07) is 12.9. The Labute approximate surface area is 187 Å². The summed E-state index contributed by atoms with van der Waals surface area (Å²) in [6.07, 6.45) is 8.20. The van der Waals surface area contributed by atoms with Crippen molar-refractivity contribution in [1.29, 1.82) is 0 Å². The van der Waals surface area contributed by atoms with Gasteiger partial charge in [-0.1, -0.05) is 49.9 Å². The van der Waals surface area contributed by atoms with Gasteiger partial charge < -0.3 is 4.74 Å². The van der Waals surface area contributed by atoms with E-state index in [1.54, 1.807) is 18.3 Å². The fourth-order valence-corrected chi connectivity index (χ4v) is 4.21. The molecule has 31 heavy (non-hydrogen) atoms. The maximum Gasteiger partial charge on any atom is 0.282 e. The molecule has 4 rings (SSSR count). The summed E-state index contributed by atoms with van der Waals surface area (Å²) in [4.78, 5) is 18.2. The monoisotopic (exact) mass is 437 g/mol. The van der Waals surface area contributed by atoms with Crippen LogP contribution in [0.4, 0.5) is 0 Å². The first kappa shape index (κ1) is 21.6. The van der Waals surface area contributed by atoms with E-state index in [4.69, 9.17) is 21.3 Å². The molecular weight excluding hydrogens is 410 g/mol. The predicted octanol–water partition coefficient (Wildman–Crippen LogP) is 6.16. The molecule has 0 N–H and O–H groups in total. The number of aromatic nitrogens is 2. The predicted molar refractivity (Wildman–Crippen MR) is 127 cm³/mol. The van der Waals surface area contributed by atoms with Gasteiger partial charge in [0.1, 0.15) is 11.6 Å². The normalized spacial score (nSPS) is 16.1. The van der Waals surface area contributed by atoms with E-state index in [1.807, 2.05) is 37.3 Å². The maximum atomic E-state index is 13.3. The van der Waals surface area contributed by atoms with Gasteiger partial charge in [0.05, 0.1) is 23.2 Å². The van der Waals surface area contributed by atoms with Crippen LogP contribution in [0, 0.1) is 0 Å². The third kappa shape index (κ3) is 4.82. The summed E-state index contributed by atoms with van der Waals surface area (Å²) in [5.41, 5.74) is 1.32. The highest BCUT2D eigenvalue weighted by atomic mass is 35.5. The average Bonchev–Trinajstić information content (AvgIpc) is 2.80. The molecule has 5 nitrogen and oxygen atoms in total. The smallest absolute Gasteiger partial charge is 0.282 e. The van der Waals surface area contributed by atoms with E-state index >= 15 is 0 Å². The summed E-state index contributed by atoms with van der Waals surface area (Å²) < 4.78 is 7.51. The number of ether oxygens (including phenoxy) is 1. The summed E-state index contributed by atoms with van der Waals surface area (Å²) >= 11 is 6.23. The Balaban J connectivity index is 1.81. The van der Waals surface area contributed by atoms with Gasteiger partial charge in [-0.3, -0.25) is 4.79 Å². The second-order valence-electron chi connectivity index (χ2n) is 8.20. The molecule has 1 aliphatic rings. The Hall–Kier alpha value is -2.66. The fraction of sp³-hybridized carbons (Fsp3) is 0.400. The van der Waals surface area contributed by atoms with Crippen molar-refractivity contribution < 1.29 is 4.74 Å². The van der Waals surface area contributed by atoms with Crippen LogP contribution in [0.3, 0.4) is 0 Å². The molecule has 3 aromatic rings. The van der Waals surface area contributed by atoms with Crippen LogP contribution in [-0.2, 0) is 0 Å². The highest BCUT2D eigenvalue weighted by Gasteiger charge is 2.22. The van der Waals surface area contributed by atoms with Gasteiger partial charge in [-0.25, -0.2) is 4.98 Å². The lowest BCUT2D eigenvalue weighted by atomic mass is 9.88. The number of hydrogen-bond acceptors (Lipinski definition) is 4. The molecule has 0 saturated heterocycles. The van der Waals surface area contributed by atoms with Gasteiger partial charge >= 0.3 is 0 Å². The van der Waals surface area contributed by atoms with Gasteiger partial charge in [-0.15, -0.1) is 0 Å². The van der Waals surface area contributed by atoms with E-state index in [2.05, 4.69) is 12.0 Å². The average molecular weight is 438 g/mol. The van der Waals surface area contributed by atoms with Crippen LogP contribution < -0.4 is 10.3 Å². The van der Waals surface area contributed by atoms with Crippen LogP contribution in [0.25, 0.3) is 10.9 Å². The van der Waals surface area contributed by atoms with Crippen LogP contribution in [-0.4, -0.2) is 22.0 Å². The Morgan fingerprint density at radius 2 is 2.00 bits per heavy atom. The van der Waals surface area contributed by atoms with Gasteiger partial charge in [0.2, 0.25) is 0 Å². The number of halogens is 1. The van der Waals surface area contributed by atoms with Crippen molar-refractivity contribution in [2.45, 2.75) is 64.4 Å². The quantitative estimate of drug-likeness (QED) is 0.434. The molecule has 6 heteroatoms. The number of fused-ring (bicyclic) bond motifs is 1. The highest BCUT2D eigenvalue weighted by molar-refractivity contribution is 6.30. The molecular formula is C25H28ClN3O2. The SMILES string of the molecule is CC[C@H](C)Oc1ccc(Cl)cc1C=Nn1c(C2CCCCC2)nc2ccccc2c1=O. The zero-order chi connectivity index (χ0) is 21.8. The van der Waals surface area contributed by atoms with Crippen LogP contribution in [0.5, 0.6) is 5.75 Å². The number of hydrogen-bond donors (Lipinski definition) is 0. The number of nitrogens with zero attached hydrogens (tertiary/aromatic N) is 3. The molecule has 0 amide bonds. The van der Waals surface area contributed by atoms with Crippen molar-refractivity contribution in [1.82, 2.24) is 9.66 Å². The first-order valence-corrected chi connectivity index (χ1v) is 11.5. The first-order chi connectivity index (χ1) is 15.1. The van der Waals surface area contributed by atoms with E-state index in [9.17, 15) is 4.79 Å². The molecule has 0 bridgehead atoms. The van der Waals surface area contributed by atoms with E-state index < -0.39 is 0 Å². The lowest BCUT2D eigenvalue weighted by Gasteiger charge is -2.22. The molecule has 0 spiro atoms. The Morgan fingerprint density at radius 3 is 2.77 bits per heavy atom. The lowest BCUT2D eigenvalue weighted by molar-refractivity contribution is 0.217. The third-order valence-electron chi connectivity index (χ3n) is 5.94. The Morgan fingerprint density at radius 1 is 1.23 bits per heavy atom. The van der Waals surface area contributed by atoms with Crippen LogP contribution in [0.1, 0.15) is 69.7 Å². The summed E-state index contributed by atoms with van der Waals surface area (Å²) in [7, 11) is 0. The molecule has 2 aromatic carbocycles. The summed E-state index contributed by atoms with van der Waals surface area (Å²) in [5, 5.41) is 5.78. The maximum absolute atomic E-state index is 13.3. The zero-order valence-electron chi connectivity index (χ0n) is 18.1. The van der Waals surface area contributed by atoms with Crippen LogP contribution >= 0.6 is 11.6 Å². The molecule has 162 valence electrons. The van der Waals surface area contributed by atoms with E-state index in [0.29, 0.717) is 16.2 Å². The van der Waals surface area contributed by atoms with Crippen molar-refractivity contribution in [3.8, 4) is 5.75 Å². The minimum absolute atomic E-state index is 0.0659. The summed E-state index contributed by atoms with van der Waals surface area (Å²) in [5.74, 6) is 1.67. The topological polar surface area (TPSA) is 56.5 Å². The molecule has 1 fully saturated rings. The molecule has 1 saturated carbocycles. The molecule has 1 heterocycles. The van der Waals surface area contributed by atoms with Crippen molar-refractivity contribution in [3.63, 3.8) is 0 Å². The van der Waals surface area contributed by atoms with Gasteiger partial charge in [-0.05, 0) is 56.5 Å². The zero-order valence-corrected chi connectivity index (χ0v) is 18.8. The summed E-state index contributed by atoms with van der Waals surface area (Å²) in [6.45, 7) is 4.10. The van der Waals surface area contributed by atoms with Gasteiger partial charge in [0, 0.05) is 16.5 Å². The first-order valence-electron chi connectivity index (χ1n) is 11.1. The van der Waals surface area contributed by atoms with Crippen molar-refractivity contribution in [3.05, 3.63) is 69.2 Å².